The fourth-order valence-electron chi connectivity index (χ4n) is 3.17. The predicted octanol–water partition coefficient (Wildman–Crippen LogP) is 4.35. The SMILES string of the molecule is COC(=O)OC1=C(C)Nc2ccnc(OC(C)C)c2C1c1cccc([N+](=O)[O-])c1. The highest BCUT2D eigenvalue weighted by Crippen LogP contribution is 2.46. The van der Waals surface area contributed by atoms with E-state index in [0.717, 1.165) is 0 Å². The second kappa shape index (κ2) is 8.17. The van der Waals surface area contributed by atoms with Crippen LogP contribution in [-0.2, 0) is 9.47 Å². The van der Waals surface area contributed by atoms with Crippen molar-refractivity contribution < 1.29 is 23.9 Å². The number of hydrogen-bond acceptors (Lipinski definition) is 8. The van der Waals surface area contributed by atoms with Crippen LogP contribution in [0.25, 0.3) is 0 Å². The second-order valence-corrected chi connectivity index (χ2v) is 6.70. The van der Waals surface area contributed by atoms with Crippen LogP contribution in [0.15, 0.2) is 48.0 Å². The molecular formula is C20H21N3O6. The van der Waals surface area contributed by atoms with E-state index in [-0.39, 0.29) is 17.6 Å². The van der Waals surface area contributed by atoms with Gasteiger partial charge in [-0.15, -0.1) is 0 Å². The maximum Gasteiger partial charge on any atom is 0.513 e. The molecule has 0 saturated carbocycles. The minimum Gasteiger partial charge on any atom is -0.475 e. The van der Waals surface area contributed by atoms with Crippen molar-refractivity contribution in [3.8, 4) is 5.88 Å². The van der Waals surface area contributed by atoms with E-state index in [0.29, 0.717) is 28.4 Å². The number of nitrogens with one attached hydrogen (secondary N) is 1. The molecule has 0 bridgehead atoms. The van der Waals surface area contributed by atoms with E-state index in [2.05, 4.69) is 15.0 Å². The number of non-ortho nitro benzene ring substituents is 1. The molecule has 2 heterocycles. The molecule has 1 N–H and O–H groups in total. The van der Waals surface area contributed by atoms with E-state index in [1.54, 1.807) is 31.3 Å². The Morgan fingerprint density at radius 2 is 2.07 bits per heavy atom. The summed E-state index contributed by atoms with van der Waals surface area (Å²) in [5.41, 5.74) is 2.38. The van der Waals surface area contributed by atoms with Gasteiger partial charge in [-0.2, -0.15) is 0 Å². The molecule has 3 rings (SSSR count). The third-order valence-electron chi connectivity index (χ3n) is 4.32. The summed E-state index contributed by atoms with van der Waals surface area (Å²) in [7, 11) is 1.21. The van der Waals surface area contributed by atoms with Gasteiger partial charge in [0.2, 0.25) is 5.88 Å². The van der Waals surface area contributed by atoms with Crippen molar-refractivity contribution in [1.82, 2.24) is 4.98 Å². The molecule has 0 spiro atoms. The number of ether oxygens (including phenoxy) is 3. The largest absolute Gasteiger partial charge is 0.513 e. The Morgan fingerprint density at radius 3 is 2.72 bits per heavy atom. The molecule has 9 nitrogen and oxygen atoms in total. The summed E-state index contributed by atoms with van der Waals surface area (Å²) in [5.74, 6) is -0.0564. The van der Waals surface area contributed by atoms with Gasteiger partial charge in [-0.05, 0) is 32.4 Å². The number of hydrogen-bond donors (Lipinski definition) is 1. The average molecular weight is 399 g/mol. The topological polar surface area (TPSA) is 113 Å². The molecule has 29 heavy (non-hydrogen) atoms. The number of anilines is 1. The van der Waals surface area contributed by atoms with Crippen molar-refractivity contribution in [2.45, 2.75) is 32.8 Å². The highest BCUT2D eigenvalue weighted by atomic mass is 16.7. The lowest BCUT2D eigenvalue weighted by Gasteiger charge is -2.31. The minimum absolute atomic E-state index is 0.0760. The van der Waals surface area contributed by atoms with Gasteiger partial charge in [0.15, 0.2) is 0 Å². The van der Waals surface area contributed by atoms with Gasteiger partial charge in [-0.25, -0.2) is 9.78 Å². The molecule has 1 aromatic heterocycles. The number of nitro benzene ring substituents is 1. The van der Waals surface area contributed by atoms with E-state index in [4.69, 9.17) is 9.47 Å². The molecule has 0 radical (unpaired) electrons. The van der Waals surface area contributed by atoms with Crippen LogP contribution in [0.2, 0.25) is 0 Å². The summed E-state index contributed by atoms with van der Waals surface area (Å²) in [6.45, 7) is 5.48. The summed E-state index contributed by atoms with van der Waals surface area (Å²) in [6.07, 6.45) is 0.556. The number of fused-ring (bicyclic) bond motifs is 1. The lowest BCUT2D eigenvalue weighted by Crippen LogP contribution is -2.23. The molecule has 152 valence electrons. The lowest BCUT2D eigenvalue weighted by atomic mass is 9.85. The van der Waals surface area contributed by atoms with Gasteiger partial charge in [0.05, 0.1) is 35.3 Å². The molecule has 1 atom stereocenters. The van der Waals surface area contributed by atoms with E-state index in [9.17, 15) is 14.9 Å². The molecule has 1 unspecified atom stereocenters. The highest BCUT2D eigenvalue weighted by molar-refractivity contribution is 5.70. The number of methoxy groups -OCH3 is 1. The molecule has 0 saturated heterocycles. The summed E-state index contributed by atoms with van der Waals surface area (Å²) in [4.78, 5) is 27.1. The number of allylic oxidation sites excluding steroid dienone is 2. The zero-order chi connectivity index (χ0) is 21.1. The number of rotatable bonds is 5. The van der Waals surface area contributed by atoms with Gasteiger partial charge < -0.3 is 19.5 Å². The van der Waals surface area contributed by atoms with Crippen molar-refractivity contribution >= 4 is 17.5 Å². The fourth-order valence-corrected chi connectivity index (χ4v) is 3.17. The molecule has 1 aliphatic rings. The molecule has 1 aliphatic heterocycles. The van der Waals surface area contributed by atoms with Gasteiger partial charge in [-0.1, -0.05) is 12.1 Å². The summed E-state index contributed by atoms with van der Waals surface area (Å²) >= 11 is 0. The van der Waals surface area contributed by atoms with Crippen LogP contribution in [0, 0.1) is 10.1 Å². The fraction of sp³-hybridized carbons (Fsp3) is 0.300. The maximum absolute atomic E-state index is 11.9. The van der Waals surface area contributed by atoms with Crippen LogP contribution in [0.1, 0.15) is 37.8 Å². The number of carbonyl (C=O) groups is 1. The van der Waals surface area contributed by atoms with Crippen LogP contribution < -0.4 is 10.1 Å². The Labute approximate surface area is 167 Å². The third-order valence-corrected chi connectivity index (χ3v) is 4.32. The normalized spacial score (nSPS) is 15.4. The van der Waals surface area contributed by atoms with Gasteiger partial charge in [-0.3, -0.25) is 10.1 Å². The molecule has 0 fully saturated rings. The summed E-state index contributed by atoms with van der Waals surface area (Å²) < 4.78 is 16.0. The molecule has 0 aliphatic carbocycles. The predicted molar refractivity (Wildman–Crippen MR) is 105 cm³/mol. The van der Waals surface area contributed by atoms with Crippen LogP contribution in [0.5, 0.6) is 5.88 Å². The average Bonchev–Trinajstić information content (AvgIpc) is 2.68. The first-order valence-corrected chi connectivity index (χ1v) is 8.95. The first-order valence-electron chi connectivity index (χ1n) is 8.95. The third kappa shape index (κ3) is 4.13. The maximum atomic E-state index is 11.9. The van der Waals surface area contributed by atoms with E-state index >= 15 is 0 Å². The Kier molecular flexibility index (Phi) is 5.67. The second-order valence-electron chi connectivity index (χ2n) is 6.70. The Hall–Kier alpha value is -3.62. The van der Waals surface area contributed by atoms with Gasteiger partial charge >= 0.3 is 6.16 Å². The van der Waals surface area contributed by atoms with Crippen molar-refractivity contribution in [1.29, 1.82) is 0 Å². The molecule has 0 amide bonds. The molecule has 1 aromatic carbocycles. The van der Waals surface area contributed by atoms with Crippen LogP contribution >= 0.6 is 0 Å². The number of carbonyl (C=O) groups excluding carboxylic acids is 1. The van der Waals surface area contributed by atoms with E-state index < -0.39 is 17.0 Å². The first-order chi connectivity index (χ1) is 13.8. The molecular weight excluding hydrogens is 378 g/mol. The smallest absolute Gasteiger partial charge is 0.475 e. The number of aromatic nitrogens is 1. The summed E-state index contributed by atoms with van der Waals surface area (Å²) in [6, 6.07) is 7.93. The molecule has 2 aromatic rings. The molecule has 9 heteroatoms. The van der Waals surface area contributed by atoms with Crippen molar-refractivity contribution in [3.05, 3.63) is 69.2 Å². The van der Waals surface area contributed by atoms with Gasteiger partial charge in [0.1, 0.15) is 5.76 Å². The van der Waals surface area contributed by atoms with Crippen molar-refractivity contribution in [3.63, 3.8) is 0 Å². The zero-order valence-corrected chi connectivity index (χ0v) is 16.5. The van der Waals surface area contributed by atoms with E-state index in [1.165, 1.54) is 19.2 Å². The Morgan fingerprint density at radius 1 is 1.31 bits per heavy atom. The Balaban J connectivity index is 2.23. The standard InChI is InChI=1S/C20H21N3O6/c1-11(2)28-19-17-15(8-9-21-19)22-12(3)18(29-20(24)27-4)16(17)13-6-5-7-14(10-13)23(25)26/h5-11,16,22H,1-4H3. The van der Waals surface area contributed by atoms with Crippen molar-refractivity contribution in [2.75, 3.05) is 12.4 Å². The lowest BCUT2D eigenvalue weighted by molar-refractivity contribution is -0.384. The number of pyridine rings is 1. The quantitative estimate of drug-likeness (QED) is 0.448. The van der Waals surface area contributed by atoms with Crippen LogP contribution in [0.4, 0.5) is 16.2 Å². The van der Waals surface area contributed by atoms with Gasteiger partial charge in [0, 0.05) is 24.0 Å². The number of nitro groups is 1. The summed E-state index contributed by atoms with van der Waals surface area (Å²) in [5, 5.41) is 14.5. The monoisotopic (exact) mass is 399 g/mol. The Bertz CT molecular complexity index is 986. The zero-order valence-electron chi connectivity index (χ0n) is 16.5. The number of benzene rings is 1. The first kappa shape index (κ1) is 20.1. The van der Waals surface area contributed by atoms with Gasteiger partial charge in [0.25, 0.3) is 5.69 Å². The van der Waals surface area contributed by atoms with E-state index in [1.807, 2.05) is 13.8 Å². The van der Waals surface area contributed by atoms with Crippen LogP contribution in [0.3, 0.4) is 0 Å². The highest BCUT2D eigenvalue weighted by Gasteiger charge is 2.35. The minimum atomic E-state index is -0.893. The van der Waals surface area contributed by atoms with Crippen LogP contribution in [-0.4, -0.2) is 29.3 Å². The van der Waals surface area contributed by atoms with Crippen molar-refractivity contribution in [2.24, 2.45) is 0 Å². The number of nitrogens with zero attached hydrogens (tertiary/aromatic N) is 2.